The highest BCUT2D eigenvalue weighted by atomic mass is 16.5. The summed E-state index contributed by atoms with van der Waals surface area (Å²) in [6.45, 7) is 0.411. The number of benzene rings is 1. The lowest BCUT2D eigenvalue weighted by molar-refractivity contribution is -0.138. The molecule has 1 aromatic carbocycles. The molecule has 0 unspecified atom stereocenters. The molecule has 2 rings (SSSR count). The van der Waals surface area contributed by atoms with Crippen LogP contribution >= 0.6 is 0 Å². The van der Waals surface area contributed by atoms with Gasteiger partial charge >= 0.3 is 0 Å². The Labute approximate surface area is 112 Å². The van der Waals surface area contributed by atoms with Gasteiger partial charge in [-0.2, -0.15) is 0 Å². The molecule has 1 aliphatic heterocycles. The van der Waals surface area contributed by atoms with Crippen LogP contribution in [0.1, 0.15) is 18.4 Å². The minimum absolute atomic E-state index is 0.0835. The van der Waals surface area contributed by atoms with Crippen LogP contribution in [-0.4, -0.2) is 37.5 Å². The van der Waals surface area contributed by atoms with Crippen LogP contribution in [0.5, 0.6) is 11.5 Å². The summed E-state index contributed by atoms with van der Waals surface area (Å²) in [6, 6.07) is 5.55. The number of carbonyl (C=O) groups is 2. The quantitative estimate of drug-likeness (QED) is 0.753. The zero-order chi connectivity index (χ0) is 13.8. The molecule has 5 nitrogen and oxygen atoms in total. The van der Waals surface area contributed by atoms with E-state index in [-0.39, 0.29) is 11.8 Å². The molecule has 1 aliphatic rings. The third-order valence-corrected chi connectivity index (χ3v) is 3.19. The Hall–Kier alpha value is -2.04. The SMILES string of the molecule is COc1cc(CCN2C(=O)CCC2=O)cc(OC)c1. The second kappa shape index (κ2) is 5.73. The maximum absolute atomic E-state index is 11.5. The number of likely N-dealkylation sites (tertiary alicyclic amines) is 1. The van der Waals surface area contributed by atoms with Crippen molar-refractivity contribution in [2.75, 3.05) is 20.8 Å². The monoisotopic (exact) mass is 263 g/mol. The predicted molar refractivity (Wildman–Crippen MR) is 69.2 cm³/mol. The molecule has 19 heavy (non-hydrogen) atoms. The molecule has 0 N–H and O–H groups in total. The first-order valence-electron chi connectivity index (χ1n) is 6.19. The molecule has 0 aromatic heterocycles. The van der Waals surface area contributed by atoms with Gasteiger partial charge < -0.3 is 9.47 Å². The molecule has 1 heterocycles. The van der Waals surface area contributed by atoms with Gasteiger partial charge in [-0.3, -0.25) is 14.5 Å². The molecule has 5 heteroatoms. The maximum Gasteiger partial charge on any atom is 0.229 e. The maximum atomic E-state index is 11.5. The van der Waals surface area contributed by atoms with E-state index >= 15 is 0 Å². The van der Waals surface area contributed by atoms with Gasteiger partial charge in [0, 0.05) is 25.5 Å². The highest BCUT2D eigenvalue weighted by molar-refractivity contribution is 6.01. The third kappa shape index (κ3) is 3.05. The van der Waals surface area contributed by atoms with Gasteiger partial charge in [-0.15, -0.1) is 0 Å². The molecule has 2 amide bonds. The van der Waals surface area contributed by atoms with E-state index in [1.165, 1.54) is 4.90 Å². The van der Waals surface area contributed by atoms with Crippen LogP contribution in [0.4, 0.5) is 0 Å². The van der Waals surface area contributed by atoms with E-state index in [1.54, 1.807) is 20.3 Å². The molecule has 0 saturated carbocycles. The molecule has 102 valence electrons. The summed E-state index contributed by atoms with van der Waals surface area (Å²) in [5.74, 6) is 1.24. The summed E-state index contributed by atoms with van der Waals surface area (Å²) in [6.07, 6.45) is 1.27. The molecule has 1 fully saturated rings. The molecule has 0 aliphatic carbocycles. The Bertz CT molecular complexity index is 460. The highest BCUT2D eigenvalue weighted by Crippen LogP contribution is 2.23. The zero-order valence-corrected chi connectivity index (χ0v) is 11.1. The van der Waals surface area contributed by atoms with Crippen LogP contribution in [0.3, 0.4) is 0 Å². The molecule has 1 saturated heterocycles. The van der Waals surface area contributed by atoms with Gasteiger partial charge in [-0.25, -0.2) is 0 Å². The van der Waals surface area contributed by atoms with Crippen molar-refractivity contribution < 1.29 is 19.1 Å². The number of rotatable bonds is 5. The summed E-state index contributed by atoms with van der Waals surface area (Å²) in [5, 5.41) is 0. The van der Waals surface area contributed by atoms with Crippen molar-refractivity contribution in [3.05, 3.63) is 23.8 Å². The van der Waals surface area contributed by atoms with Gasteiger partial charge in [0.05, 0.1) is 14.2 Å². The van der Waals surface area contributed by atoms with Crippen LogP contribution in [0.2, 0.25) is 0 Å². The normalized spacial score (nSPS) is 14.9. The first-order chi connectivity index (χ1) is 9.13. The summed E-state index contributed by atoms with van der Waals surface area (Å²) in [4.78, 5) is 24.3. The van der Waals surface area contributed by atoms with E-state index in [0.717, 1.165) is 5.56 Å². The smallest absolute Gasteiger partial charge is 0.229 e. The molecular formula is C14H17NO4. The zero-order valence-electron chi connectivity index (χ0n) is 11.1. The number of amides is 2. The van der Waals surface area contributed by atoms with Crippen molar-refractivity contribution in [2.24, 2.45) is 0 Å². The number of imide groups is 1. The van der Waals surface area contributed by atoms with Gasteiger partial charge in [0.2, 0.25) is 11.8 Å². The average Bonchev–Trinajstić information content (AvgIpc) is 2.75. The Balaban J connectivity index is 2.06. The summed E-state index contributed by atoms with van der Waals surface area (Å²) in [5.41, 5.74) is 0.976. The second-order valence-corrected chi connectivity index (χ2v) is 4.41. The van der Waals surface area contributed by atoms with E-state index in [4.69, 9.17) is 9.47 Å². The Kier molecular flexibility index (Phi) is 4.04. The van der Waals surface area contributed by atoms with E-state index in [2.05, 4.69) is 0 Å². The number of nitrogens with zero attached hydrogens (tertiary/aromatic N) is 1. The minimum atomic E-state index is -0.0835. The number of ether oxygens (including phenoxy) is 2. The molecule has 0 spiro atoms. The van der Waals surface area contributed by atoms with Gasteiger partial charge in [-0.1, -0.05) is 0 Å². The average molecular weight is 263 g/mol. The number of methoxy groups -OCH3 is 2. The van der Waals surface area contributed by atoms with Crippen molar-refractivity contribution in [3.63, 3.8) is 0 Å². The van der Waals surface area contributed by atoms with Crippen LogP contribution in [0, 0.1) is 0 Å². The van der Waals surface area contributed by atoms with E-state index in [9.17, 15) is 9.59 Å². The van der Waals surface area contributed by atoms with E-state index in [1.807, 2.05) is 12.1 Å². The lowest BCUT2D eigenvalue weighted by Crippen LogP contribution is -2.31. The third-order valence-electron chi connectivity index (χ3n) is 3.19. The largest absolute Gasteiger partial charge is 0.497 e. The van der Waals surface area contributed by atoms with Crippen LogP contribution in [0.25, 0.3) is 0 Å². The molecule has 0 bridgehead atoms. The van der Waals surface area contributed by atoms with Crippen LogP contribution in [0.15, 0.2) is 18.2 Å². The predicted octanol–water partition coefficient (Wildman–Crippen LogP) is 1.40. The van der Waals surface area contributed by atoms with Gasteiger partial charge in [0.15, 0.2) is 0 Å². The fraction of sp³-hybridized carbons (Fsp3) is 0.429. The fourth-order valence-electron chi connectivity index (χ4n) is 2.12. The van der Waals surface area contributed by atoms with Crippen molar-refractivity contribution in [3.8, 4) is 11.5 Å². The lowest BCUT2D eigenvalue weighted by atomic mass is 10.1. The first-order valence-corrected chi connectivity index (χ1v) is 6.19. The van der Waals surface area contributed by atoms with Crippen LogP contribution in [-0.2, 0) is 16.0 Å². The Morgan fingerprint density at radius 3 is 2.00 bits per heavy atom. The van der Waals surface area contributed by atoms with E-state index in [0.29, 0.717) is 37.3 Å². The summed E-state index contributed by atoms with van der Waals surface area (Å²) < 4.78 is 10.4. The minimum Gasteiger partial charge on any atom is -0.497 e. The van der Waals surface area contributed by atoms with E-state index < -0.39 is 0 Å². The van der Waals surface area contributed by atoms with Gasteiger partial charge in [0.1, 0.15) is 11.5 Å². The first kappa shape index (κ1) is 13.4. The molecule has 0 atom stereocenters. The number of hydrogen-bond acceptors (Lipinski definition) is 4. The standard InChI is InChI=1S/C14H17NO4/c1-18-11-7-10(8-12(9-11)19-2)5-6-15-13(16)3-4-14(15)17/h7-9H,3-6H2,1-2H3. The molecular weight excluding hydrogens is 246 g/mol. The number of carbonyl (C=O) groups excluding carboxylic acids is 2. The van der Waals surface area contributed by atoms with Crippen molar-refractivity contribution in [1.29, 1.82) is 0 Å². The van der Waals surface area contributed by atoms with Crippen molar-refractivity contribution in [1.82, 2.24) is 4.90 Å². The Morgan fingerprint density at radius 2 is 1.53 bits per heavy atom. The molecule has 0 radical (unpaired) electrons. The van der Waals surface area contributed by atoms with Crippen molar-refractivity contribution >= 4 is 11.8 Å². The summed E-state index contributed by atoms with van der Waals surface area (Å²) in [7, 11) is 3.18. The second-order valence-electron chi connectivity index (χ2n) is 4.41. The van der Waals surface area contributed by atoms with Crippen LogP contribution < -0.4 is 9.47 Å². The van der Waals surface area contributed by atoms with Gasteiger partial charge in [0.25, 0.3) is 0 Å². The summed E-state index contributed by atoms with van der Waals surface area (Å²) >= 11 is 0. The lowest BCUT2D eigenvalue weighted by Gasteiger charge is -2.14. The fourth-order valence-corrected chi connectivity index (χ4v) is 2.12. The highest BCUT2D eigenvalue weighted by Gasteiger charge is 2.28. The Morgan fingerprint density at radius 1 is 1.00 bits per heavy atom. The molecule has 1 aromatic rings. The topological polar surface area (TPSA) is 55.8 Å². The van der Waals surface area contributed by atoms with Gasteiger partial charge in [-0.05, 0) is 24.1 Å². The van der Waals surface area contributed by atoms with Crippen molar-refractivity contribution in [2.45, 2.75) is 19.3 Å². The number of hydrogen-bond donors (Lipinski definition) is 0.